The fourth-order valence-corrected chi connectivity index (χ4v) is 2.56. The van der Waals surface area contributed by atoms with Crippen molar-refractivity contribution in [2.24, 2.45) is 0 Å². The Morgan fingerprint density at radius 3 is 2.42 bits per heavy atom. The topological polar surface area (TPSA) is 65.1 Å². The normalized spacial score (nSPS) is 19.5. The molecule has 1 saturated heterocycles. The number of β-lactam (4-membered cyclic amide) rings is 1. The van der Waals surface area contributed by atoms with E-state index < -0.39 is 12.3 Å². The maximum absolute atomic E-state index is 12.4. The molecule has 124 valence electrons. The standard InChI is InChI=1S/C18H17NO5/c1-22-15-9-7-14(8-10-15)19-17(21)16(18(19)24-12-20)23-11-13-5-3-2-4-6-13/h2-10,12,16,18H,11H2,1H3/t16-,18+/m0/s1. The van der Waals surface area contributed by atoms with Crippen LogP contribution >= 0.6 is 0 Å². The third-order valence-electron chi connectivity index (χ3n) is 3.81. The smallest absolute Gasteiger partial charge is 0.295 e. The number of methoxy groups -OCH3 is 1. The summed E-state index contributed by atoms with van der Waals surface area (Å²) in [4.78, 5) is 24.6. The summed E-state index contributed by atoms with van der Waals surface area (Å²) in [5, 5.41) is 0. The molecule has 0 radical (unpaired) electrons. The SMILES string of the molecule is COc1ccc(N2C(=O)[C@H](OCc3ccccc3)[C@H]2OC=O)cc1. The molecule has 0 aromatic heterocycles. The third kappa shape index (κ3) is 3.09. The number of rotatable bonds is 7. The highest BCUT2D eigenvalue weighted by atomic mass is 16.6. The lowest BCUT2D eigenvalue weighted by Gasteiger charge is -2.44. The molecule has 1 aliphatic heterocycles. The molecule has 0 unspecified atom stereocenters. The van der Waals surface area contributed by atoms with Crippen LogP contribution in [0.2, 0.25) is 0 Å². The van der Waals surface area contributed by atoms with Crippen LogP contribution in [0.5, 0.6) is 5.75 Å². The maximum Gasteiger partial charge on any atom is 0.295 e. The molecule has 0 saturated carbocycles. The molecule has 6 nitrogen and oxygen atoms in total. The van der Waals surface area contributed by atoms with Gasteiger partial charge >= 0.3 is 0 Å². The molecule has 1 aliphatic rings. The molecule has 0 spiro atoms. The first-order chi connectivity index (χ1) is 11.7. The maximum atomic E-state index is 12.4. The molecule has 1 heterocycles. The van der Waals surface area contributed by atoms with E-state index in [2.05, 4.69) is 0 Å². The summed E-state index contributed by atoms with van der Waals surface area (Å²) in [5.41, 5.74) is 1.56. The van der Waals surface area contributed by atoms with Gasteiger partial charge in [-0.15, -0.1) is 0 Å². The lowest BCUT2D eigenvalue weighted by Crippen LogP contribution is -2.67. The van der Waals surface area contributed by atoms with E-state index in [0.29, 0.717) is 17.9 Å². The zero-order chi connectivity index (χ0) is 16.9. The molecule has 6 heteroatoms. The minimum absolute atomic E-state index is 0.247. The molecule has 0 aliphatic carbocycles. The van der Waals surface area contributed by atoms with Crippen LogP contribution < -0.4 is 9.64 Å². The number of anilines is 1. The molecule has 1 fully saturated rings. The van der Waals surface area contributed by atoms with Crippen LogP contribution in [0.4, 0.5) is 5.69 Å². The minimum atomic E-state index is -0.808. The van der Waals surface area contributed by atoms with Crippen LogP contribution in [-0.4, -0.2) is 31.8 Å². The summed E-state index contributed by atoms with van der Waals surface area (Å²) in [6.07, 6.45) is -1.58. The van der Waals surface area contributed by atoms with Crippen LogP contribution in [0.25, 0.3) is 0 Å². The number of benzene rings is 2. The second-order valence-electron chi connectivity index (χ2n) is 5.25. The summed E-state index contributed by atoms with van der Waals surface area (Å²) in [7, 11) is 1.57. The van der Waals surface area contributed by atoms with E-state index in [0.717, 1.165) is 5.56 Å². The fraction of sp³-hybridized carbons (Fsp3) is 0.222. The van der Waals surface area contributed by atoms with Crippen LogP contribution in [-0.2, 0) is 25.7 Å². The van der Waals surface area contributed by atoms with E-state index in [4.69, 9.17) is 14.2 Å². The number of nitrogens with zero attached hydrogens (tertiary/aromatic N) is 1. The van der Waals surface area contributed by atoms with Crippen molar-refractivity contribution in [2.45, 2.75) is 18.9 Å². The van der Waals surface area contributed by atoms with Crippen molar-refractivity contribution in [3.8, 4) is 5.75 Å². The Labute approximate surface area is 139 Å². The van der Waals surface area contributed by atoms with E-state index in [9.17, 15) is 9.59 Å². The van der Waals surface area contributed by atoms with Gasteiger partial charge in [-0.2, -0.15) is 0 Å². The van der Waals surface area contributed by atoms with E-state index in [1.807, 2.05) is 30.3 Å². The van der Waals surface area contributed by atoms with Gasteiger partial charge in [-0.1, -0.05) is 30.3 Å². The number of carbonyl (C=O) groups is 2. The molecular formula is C18H17NO5. The van der Waals surface area contributed by atoms with Gasteiger partial charge in [0, 0.05) is 5.69 Å². The van der Waals surface area contributed by atoms with Gasteiger partial charge in [-0.05, 0) is 29.8 Å². The third-order valence-corrected chi connectivity index (χ3v) is 3.81. The lowest BCUT2D eigenvalue weighted by molar-refractivity contribution is -0.169. The molecule has 0 bridgehead atoms. The monoisotopic (exact) mass is 327 g/mol. The highest BCUT2D eigenvalue weighted by Crippen LogP contribution is 2.32. The van der Waals surface area contributed by atoms with E-state index in [1.165, 1.54) is 4.90 Å². The second kappa shape index (κ2) is 7.14. The van der Waals surface area contributed by atoms with Gasteiger partial charge in [-0.3, -0.25) is 14.5 Å². The van der Waals surface area contributed by atoms with Crippen LogP contribution in [0.1, 0.15) is 5.56 Å². The van der Waals surface area contributed by atoms with Gasteiger partial charge in [0.1, 0.15) is 5.75 Å². The Morgan fingerprint density at radius 2 is 1.79 bits per heavy atom. The van der Waals surface area contributed by atoms with Crippen LogP contribution in [0.3, 0.4) is 0 Å². The number of hydrogen-bond acceptors (Lipinski definition) is 5. The molecule has 2 atom stereocenters. The van der Waals surface area contributed by atoms with Gasteiger partial charge < -0.3 is 14.2 Å². The number of carbonyl (C=O) groups excluding carboxylic acids is 2. The highest BCUT2D eigenvalue weighted by Gasteiger charge is 2.51. The van der Waals surface area contributed by atoms with Gasteiger partial charge in [0.2, 0.25) is 6.23 Å². The zero-order valence-corrected chi connectivity index (χ0v) is 13.1. The second-order valence-corrected chi connectivity index (χ2v) is 5.25. The van der Waals surface area contributed by atoms with Gasteiger partial charge in [0.15, 0.2) is 6.10 Å². The van der Waals surface area contributed by atoms with Crippen molar-refractivity contribution in [3.05, 3.63) is 60.2 Å². The molecule has 3 rings (SSSR count). The highest BCUT2D eigenvalue weighted by molar-refractivity contribution is 6.04. The first-order valence-corrected chi connectivity index (χ1v) is 7.46. The molecular weight excluding hydrogens is 310 g/mol. The van der Waals surface area contributed by atoms with E-state index in [-0.39, 0.29) is 12.5 Å². The van der Waals surface area contributed by atoms with E-state index in [1.54, 1.807) is 31.4 Å². The lowest BCUT2D eigenvalue weighted by atomic mass is 10.1. The quantitative estimate of drug-likeness (QED) is 0.576. The Morgan fingerprint density at radius 1 is 1.08 bits per heavy atom. The van der Waals surface area contributed by atoms with Crippen molar-refractivity contribution < 1.29 is 23.8 Å². The van der Waals surface area contributed by atoms with Gasteiger partial charge in [-0.25, -0.2) is 0 Å². The molecule has 2 aromatic carbocycles. The first-order valence-electron chi connectivity index (χ1n) is 7.46. The predicted molar refractivity (Wildman–Crippen MR) is 86.4 cm³/mol. The van der Waals surface area contributed by atoms with Crippen molar-refractivity contribution in [1.82, 2.24) is 0 Å². The number of amides is 1. The average molecular weight is 327 g/mol. The average Bonchev–Trinajstić information content (AvgIpc) is 2.63. The Hall–Kier alpha value is -2.86. The van der Waals surface area contributed by atoms with Crippen LogP contribution in [0, 0.1) is 0 Å². The predicted octanol–water partition coefficient (Wildman–Crippen LogP) is 2.13. The molecule has 0 N–H and O–H groups in total. The van der Waals surface area contributed by atoms with Crippen LogP contribution in [0.15, 0.2) is 54.6 Å². The summed E-state index contributed by atoms with van der Waals surface area (Å²) in [6, 6.07) is 16.4. The van der Waals surface area contributed by atoms with E-state index >= 15 is 0 Å². The molecule has 2 aromatic rings. The minimum Gasteiger partial charge on any atom is -0.497 e. The Kier molecular flexibility index (Phi) is 4.77. The molecule has 1 amide bonds. The van der Waals surface area contributed by atoms with Gasteiger partial charge in [0.25, 0.3) is 12.4 Å². The number of hydrogen-bond donors (Lipinski definition) is 0. The molecule has 24 heavy (non-hydrogen) atoms. The van der Waals surface area contributed by atoms with Gasteiger partial charge in [0.05, 0.1) is 13.7 Å². The fourth-order valence-electron chi connectivity index (χ4n) is 2.56. The Bertz CT molecular complexity index is 701. The van der Waals surface area contributed by atoms with Crippen molar-refractivity contribution in [2.75, 3.05) is 12.0 Å². The number of ether oxygens (including phenoxy) is 3. The summed E-state index contributed by atoms with van der Waals surface area (Å²) in [6.45, 7) is 0.596. The summed E-state index contributed by atoms with van der Waals surface area (Å²) < 4.78 is 15.8. The Balaban J connectivity index is 1.70. The summed E-state index contributed by atoms with van der Waals surface area (Å²) >= 11 is 0. The summed E-state index contributed by atoms with van der Waals surface area (Å²) in [5.74, 6) is 0.430. The van der Waals surface area contributed by atoms with Crippen molar-refractivity contribution in [3.63, 3.8) is 0 Å². The van der Waals surface area contributed by atoms with Crippen molar-refractivity contribution >= 4 is 18.1 Å². The largest absolute Gasteiger partial charge is 0.497 e. The zero-order valence-electron chi connectivity index (χ0n) is 13.1. The first kappa shape index (κ1) is 16.0. The van der Waals surface area contributed by atoms with Crippen molar-refractivity contribution in [1.29, 1.82) is 0 Å².